The van der Waals surface area contributed by atoms with Gasteiger partial charge in [0.1, 0.15) is 5.82 Å². The van der Waals surface area contributed by atoms with E-state index in [-0.39, 0.29) is 11.8 Å². The lowest BCUT2D eigenvalue weighted by Gasteiger charge is -2.27. The van der Waals surface area contributed by atoms with E-state index in [2.05, 4.69) is 10.1 Å². The number of hydrogen-bond acceptors (Lipinski definition) is 4. The van der Waals surface area contributed by atoms with E-state index in [0.29, 0.717) is 29.4 Å². The Balaban J connectivity index is 2.27. The van der Waals surface area contributed by atoms with Crippen LogP contribution in [0.4, 0.5) is 10.1 Å². The summed E-state index contributed by atoms with van der Waals surface area (Å²) in [4.78, 5) is 18.5. The molecule has 27 heavy (non-hydrogen) atoms. The Bertz CT molecular complexity index is 797. The lowest BCUT2D eigenvalue weighted by molar-refractivity contribution is -0.121. The monoisotopic (exact) mass is 380 g/mol. The fourth-order valence-electron chi connectivity index (χ4n) is 2.55. The van der Waals surface area contributed by atoms with Gasteiger partial charge in [-0.05, 0) is 13.3 Å². The number of carbonyl (C=O) groups is 1. The molecule has 1 amide bonds. The molecule has 0 saturated heterocycles. The minimum Gasteiger partial charge on any atom is -0.309 e. The van der Waals surface area contributed by atoms with E-state index >= 15 is 0 Å². The van der Waals surface area contributed by atoms with Crippen molar-refractivity contribution in [3.8, 4) is 5.69 Å². The van der Waals surface area contributed by atoms with Crippen LogP contribution < -0.4 is 4.90 Å². The molecule has 2 rings (SSSR count). The quantitative estimate of drug-likeness (QED) is 0.658. The van der Waals surface area contributed by atoms with Crippen molar-refractivity contribution >= 4 is 46.9 Å². The van der Waals surface area contributed by atoms with Crippen LogP contribution >= 0.6 is 11.8 Å². The Morgan fingerprint density at radius 2 is 2.11 bits per heavy atom. The van der Waals surface area contributed by atoms with Gasteiger partial charge >= 0.3 is 0 Å². The summed E-state index contributed by atoms with van der Waals surface area (Å²) < 4.78 is 13.6. The first-order valence-electron chi connectivity index (χ1n) is 8.61. The molecular weight excluding hydrogens is 360 g/mol. The SMILES string of the molecule is [B]C([B])([B])SCC(C)C(=O)N(CCC)c1cn(-c2cncc(F)c2)nc1C. The molecule has 0 spiro atoms. The maximum atomic E-state index is 13.5. The Morgan fingerprint density at radius 3 is 2.70 bits per heavy atom. The van der Waals surface area contributed by atoms with Crippen molar-refractivity contribution in [1.82, 2.24) is 14.8 Å². The number of hydrogen-bond donors (Lipinski definition) is 0. The van der Waals surface area contributed by atoms with Crippen LogP contribution in [-0.2, 0) is 4.79 Å². The zero-order chi connectivity index (χ0) is 20.2. The number of anilines is 1. The van der Waals surface area contributed by atoms with E-state index in [1.54, 1.807) is 24.9 Å². The molecule has 2 aromatic heterocycles. The maximum Gasteiger partial charge on any atom is 0.230 e. The topological polar surface area (TPSA) is 51.0 Å². The summed E-state index contributed by atoms with van der Waals surface area (Å²) in [6.07, 6.45) is 5.11. The molecule has 0 aliphatic carbocycles. The van der Waals surface area contributed by atoms with Crippen LogP contribution in [0.1, 0.15) is 26.0 Å². The van der Waals surface area contributed by atoms with Crippen LogP contribution in [0.3, 0.4) is 0 Å². The molecule has 0 N–H and O–H groups in total. The van der Waals surface area contributed by atoms with Crippen molar-refractivity contribution in [2.75, 3.05) is 17.2 Å². The van der Waals surface area contributed by atoms with Gasteiger partial charge in [0.25, 0.3) is 0 Å². The van der Waals surface area contributed by atoms with Gasteiger partial charge in [0.2, 0.25) is 5.91 Å². The summed E-state index contributed by atoms with van der Waals surface area (Å²) in [6, 6.07) is 1.33. The third kappa shape index (κ3) is 5.89. The second-order valence-corrected chi connectivity index (χ2v) is 7.79. The van der Waals surface area contributed by atoms with Crippen molar-refractivity contribution < 1.29 is 9.18 Å². The number of aryl methyl sites for hydroxylation is 1. The summed E-state index contributed by atoms with van der Waals surface area (Å²) in [5.41, 5.74) is 1.81. The first-order chi connectivity index (χ1) is 12.6. The summed E-state index contributed by atoms with van der Waals surface area (Å²) in [5.74, 6) is -0.476. The zero-order valence-electron chi connectivity index (χ0n) is 15.7. The first kappa shape index (κ1) is 21.6. The van der Waals surface area contributed by atoms with Gasteiger partial charge in [-0.15, -0.1) is 0 Å². The number of halogens is 1. The van der Waals surface area contributed by atoms with Gasteiger partial charge in [-0.3, -0.25) is 9.78 Å². The summed E-state index contributed by atoms with van der Waals surface area (Å²) >= 11 is 1.12. The highest BCUT2D eigenvalue weighted by atomic mass is 32.2. The zero-order valence-corrected chi connectivity index (χ0v) is 16.5. The molecular formula is C17H20B3FN4OS. The molecule has 136 valence electrons. The van der Waals surface area contributed by atoms with Crippen molar-refractivity contribution in [3.63, 3.8) is 0 Å². The van der Waals surface area contributed by atoms with E-state index in [0.717, 1.165) is 24.4 Å². The van der Waals surface area contributed by atoms with Crippen LogP contribution in [0, 0.1) is 18.7 Å². The number of thioether (sulfide) groups is 1. The van der Waals surface area contributed by atoms with Gasteiger partial charge in [-0.1, -0.05) is 18.3 Å². The first-order valence-corrected chi connectivity index (χ1v) is 9.60. The number of carbonyl (C=O) groups excluding carboxylic acids is 1. The second-order valence-electron chi connectivity index (χ2n) is 6.46. The van der Waals surface area contributed by atoms with Crippen molar-refractivity contribution in [2.24, 2.45) is 5.92 Å². The summed E-state index contributed by atoms with van der Waals surface area (Å²) in [6.45, 7) is 6.12. The Morgan fingerprint density at radius 1 is 1.41 bits per heavy atom. The minimum atomic E-state index is -1.38. The normalized spacial score (nSPS) is 12.7. The number of rotatable bonds is 8. The van der Waals surface area contributed by atoms with E-state index < -0.39 is 10.3 Å². The highest BCUT2D eigenvalue weighted by Gasteiger charge is 2.25. The number of pyridine rings is 1. The van der Waals surface area contributed by atoms with E-state index in [9.17, 15) is 9.18 Å². The van der Waals surface area contributed by atoms with Gasteiger partial charge < -0.3 is 4.90 Å². The molecule has 2 aromatic rings. The van der Waals surface area contributed by atoms with Crippen molar-refractivity contribution in [1.29, 1.82) is 0 Å². The Kier molecular flexibility index (Phi) is 7.20. The van der Waals surface area contributed by atoms with Crippen LogP contribution in [0.2, 0.25) is 0 Å². The fraction of sp³-hybridized carbons (Fsp3) is 0.471. The lowest BCUT2D eigenvalue weighted by Crippen LogP contribution is -2.38. The summed E-state index contributed by atoms with van der Waals surface area (Å²) in [5, 5.41) is 4.40. The van der Waals surface area contributed by atoms with Gasteiger partial charge in [0, 0.05) is 24.3 Å². The molecule has 1 unspecified atom stereocenters. The molecule has 0 aliphatic heterocycles. The Labute approximate surface area is 167 Å². The average Bonchev–Trinajstić information content (AvgIpc) is 2.98. The third-order valence-electron chi connectivity index (χ3n) is 3.84. The molecule has 0 saturated carbocycles. The molecule has 0 fully saturated rings. The minimum absolute atomic E-state index is 0.0754. The third-order valence-corrected chi connectivity index (χ3v) is 5.00. The van der Waals surface area contributed by atoms with Gasteiger partial charge in [0.15, 0.2) is 0 Å². The molecule has 0 aromatic carbocycles. The van der Waals surface area contributed by atoms with Crippen LogP contribution in [-0.4, -0.2) is 61.0 Å². The Hall–Kier alpha value is -1.70. The highest BCUT2D eigenvalue weighted by molar-refractivity contribution is 8.04. The van der Waals surface area contributed by atoms with Crippen LogP contribution in [0.15, 0.2) is 24.7 Å². The standard InChI is InChI=1S/C17H20B3FN4OS/c1-4-5-24(16(26)11(2)10-27-17(18,19)20)15-9-25(23-12(15)3)14-6-13(21)7-22-8-14/h6-9,11H,4-5,10H2,1-3H3. The van der Waals surface area contributed by atoms with Crippen molar-refractivity contribution in [3.05, 3.63) is 36.2 Å². The fourth-order valence-corrected chi connectivity index (χ4v) is 3.24. The molecule has 0 bridgehead atoms. The number of nitrogens with zero attached hydrogens (tertiary/aromatic N) is 4. The van der Waals surface area contributed by atoms with Crippen LogP contribution in [0.25, 0.3) is 5.69 Å². The molecule has 1 atom stereocenters. The van der Waals surface area contributed by atoms with E-state index in [1.807, 2.05) is 6.92 Å². The molecule has 10 heteroatoms. The predicted molar refractivity (Wildman–Crippen MR) is 110 cm³/mol. The van der Waals surface area contributed by atoms with Gasteiger partial charge in [-0.2, -0.15) is 16.9 Å². The van der Waals surface area contributed by atoms with Gasteiger partial charge in [0.05, 0.1) is 59.2 Å². The number of aromatic nitrogens is 3. The molecule has 2 heterocycles. The summed E-state index contributed by atoms with van der Waals surface area (Å²) in [7, 11) is 16.7. The highest BCUT2D eigenvalue weighted by Crippen LogP contribution is 2.25. The smallest absolute Gasteiger partial charge is 0.230 e. The second kappa shape index (κ2) is 9.00. The van der Waals surface area contributed by atoms with Gasteiger partial charge in [-0.25, -0.2) is 9.07 Å². The lowest BCUT2D eigenvalue weighted by atomic mass is 9.56. The average molecular weight is 380 g/mol. The predicted octanol–water partition coefficient (Wildman–Crippen LogP) is 1.94. The van der Waals surface area contributed by atoms with E-state index in [1.165, 1.54) is 16.9 Å². The van der Waals surface area contributed by atoms with E-state index in [4.69, 9.17) is 23.5 Å². The largest absolute Gasteiger partial charge is 0.309 e. The molecule has 5 nitrogen and oxygen atoms in total. The van der Waals surface area contributed by atoms with Crippen LogP contribution in [0.5, 0.6) is 0 Å². The van der Waals surface area contributed by atoms with Crippen molar-refractivity contribution in [2.45, 2.75) is 31.6 Å². The maximum absolute atomic E-state index is 13.5. The molecule has 0 aliphatic rings. The molecule has 6 radical (unpaired) electrons. The number of amides is 1.